The van der Waals surface area contributed by atoms with E-state index in [1.807, 2.05) is 71.8 Å². The van der Waals surface area contributed by atoms with Crippen molar-refractivity contribution in [1.29, 1.82) is 0 Å². The maximum absolute atomic E-state index is 14.3. The molecule has 3 aromatic carbocycles. The van der Waals surface area contributed by atoms with E-state index in [0.717, 1.165) is 67.6 Å². The first-order chi connectivity index (χ1) is 32.3. The average Bonchev–Trinajstić information content (AvgIpc) is 4.19. The number of urea groups is 2. The van der Waals surface area contributed by atoms with Crippen molar-refractivity contribution in [2.75, 3.05) is 65.7 Å². The molecule has 4 aliphatic heterocycles. The first-order valence-corrected chi connectivity index (χ1v) is 23.7. The number of hydrogen-bond donors (Lipinski definition) is 4. The van der Waals surface area contributed by atoms with Crippen LogP contribution >= 0.6 is 0 Å². The van der Waals surface area contributed by atoms with E-state index in [-0.39, 0.29) is 41.9 Å². The average molecular weight is 900 g/mol. The lowest BCUT2D eigenvalue weighted by Crippen LogP contribution is -2.54. The molecule has 5 fully saturated rings. The molecule has 4 saturated heterocycles. The Hall–Kier alpha value is -6.26. The summed E-state index contributed by atoms with van der Waals surface area (Å²) >= 11 is 0. The number of rotatable bonds is 11. The third kappa shape index (κ3) is 10.2. The van der Waals surface area contributed by atoms with Crippen molar-refractivity contribution in [3.63, 3.8) is 0 Å². The van der Waals surface area contributed by atoms with E-state index < -0.39 is 18.1 Å². The van der Waals surface area contributed by atoms with Crippen LogP contribution in [0.25, 0.3) is 11.3 Å². The zero-order valence-corrected chi connectivity index (χ0v) is 37.4. The number of aromatic nitrogens is 2. The van der Waals surface area contributed by atoms with Gasteiger partial charge < -0.3 is 50.0 Å². The predicted molar refractivity (Wildman–Crippen MR) is 246 cm³/mol. The molecule has 1 aliphatic carbocycles. The Balaban J connectivity index is 0.787. The van der Waals surface area contributed by atoms with E-state index >= 15 is 0 Å². The Morgan fingerprint density at radius 3 is 1.71 bits per heavy atom. The van der Waals surface area contributed by atoms with Gasteiger partial charge >= 0.3 is 12.1 Å². The Bertz CT molecular complexity index is 2290. The van der Waals surface area contributed by atoms with Crippen LogP contribution in [-0.4, -0.2) is 137 Å². The highest BCUT2D eigenvalue weighted by atomic mass is 16.5. The van der Waals surface area contributed by atoms with Gasteiger partial charge in [0, 0.05) is 45.3 Å². The summed E-state index contributed by atoms with van der Waals surface area (Å²) in [5.74, 6) is 0.527. The standard InChI is InChI=1S/C50H61N9O7/c60-46(42-14-8-24-59(42)48(62)44(38-11-5-2-6-12-38)55-50(64)57-27-31-66-32-28-57)52-39-21-19-35(20-22-39)34-15-17-36(18-16-34)40-33-51-45(53-40)41-13-7-23-58(41)47(61)43(37-9-3-1-4-10-37)54-49(63)56-25-29-65-30-26-56/h1-6,9-12,15-18,33,35,39,41-44H,7-8,13-14,19-32H2,(H,51,53)(H,52,60)(H,54,63)(H,55,64). The summed E-state index contributed by atoms with van der Waals surface area (Å²) in [4.78, 5) is 84.0. The lowest BCUT2D eigenvalue weighted by Gasteiger charge is -2.33. The third-order valence-corrected chi connectivity index (χ3v) is 13.9. The number of hydrogen-bond acceptors (Lipinski definition) is 8. The van der Waals surface area contributed by atoms with E-state index in [9.17, 15) is 24.0 Å². The Morgan fingerprint density at radius 1 is 0.606 bits per heavy atom. The number of nitrogens with one attached hydrogen (secondary N) is 4. The summed E-state index contributed by atoms with van der Waals surface area (Å²) in [6.45, 7) is 4.77. The Labute approximate surface area is 385 Å². The molecule has 4 atom stereocenters. The van der Waals surface area contributed by atoms with Gasteiger partial charge in [-0.05, 0) is 79.5 Å². The number of imidazole rings is 1. The van der Waals surface area contributed by atoms with Gasteiger partial charge in [0.1, 0.15) is 23.9 Å². The zero-order valence-electron chi connectivity index (χ0n) is 37.4. The number of nitrogens with zero attached hydrogens (tertiary/aromatic N) is 5. The fourth-order valence-electron chi connectivity index (χ4n) is 10.2. The van der Waals surface area contributed by atoms with Crippen LogP contribution in [0, 0.1) is 0 Å². The van der Waals surface area contributed by atoms with Crippen LogP contribution in [0.5, 0.6) is 0 Å². The molecule has 1 aromatic heterocycles. The van der Waals surface area contributed by atoms with Crippen LogP contribution in [0.3, 0.4) is 0 Å². The first-order valence-electron chi connectivity index (χ1n) is 23.7. The summed E-state index contributed by atoms with van der Waals surface area (Å²) in [5, 5.41) is 9.28. The number of H-pyrrole nitrogens is 1. The molecule has 66 heavy (non-hydrogen) atoms. The van der Waals surface area contributed by atoms with Crippen LogP contribution in [-0.2, 0) is 23.9 Å². The van der Waals surface area contributed by atoms with Gasteiger partial charge in [-0.1, -0.05) is 84.9 Å². The highest BCUT2D eigenvalue weighted by Gasteiger charge is 2.41. The second-order valence-corrected chi connectivity index (χ2v) is 18.0. The molecule has 0 radical (unpaired) electrons. The number of aromatic amines is 1. The number of benzene rings is 3. The predicted octanol–water partition coefficient (Wildman–Crippen LogP) is 5.44. The molecule has 4 N–H and O–H groups in total. The van der Waals surface area contributed by atoms with Crippen molar-refractivity contribution in [3.8, 4) is 11.3 Å². The smallest absolute Gasteiger partial charge is 0.318 e. The molecule has 5 aliphatic rings. The largest absolute Gasteiger partial charge is 0.378 e. The van der Waals surface area contributed by atoms with E-state index in [2.05, 4.69) is 45.2 Å². The lowest BCUT2D eigenvalue weighted by atomic mass is 9.81. The second kappa shape index (κ2) is 20.9. The third-order valence-electron chi connectivity index (χ3n) is 13.9. The first kappa shape index (κ1) is 44.9. The molecular weight excluding hydrogens is 839 g/mol. The minimum absolute atomic E-state index is 0.0194. The number of likely N-dealkylation sites (tertiary alicyclic amines) is 2. The normalized spacial score (nSPS) is 23.2. The Morgan fingerprint density at radius 2 is 1.14 bits per heavy atom. The van der Waals surface area contributed by atoms with Gasteiger partial charge in [-0.15, -0.1) is 0 Å². The molecule has 16 heteroatoms. The van der Waals surface area contributed by atoms with Gasteiger partial charge in [-0.3, -0.25) is 14.4 Å². The monoisotopic (exact) mass is 899 g/mol. The molecule has 4 aromatic rings. The summed E-state index contributed by atoms with van der Waals surface area (Å²) in [6, 6.07) is 24.1. The van der Waals surface area contributed by atoms with E-state index in [1.165, 1.54) is 5.56 Å². The van der Waals surface area contributed by atoms with Crippen LogP contribution in [0.4, 0.5) is 9.59 Å². The van der Waals surface area contributed by atoms with Crippen molar-refractivity contribution in [3.05, 3.63) is 114 Å². The van der Waals surface area contributed by atoms with Gasteiger partial charge in [0.05, 0.1) is 44.4 Å². The van der Waals surface area contributed by atoms with Crippen molar-refractivity contribution < 1.29 is 33.4 Å². The van der Waals surface area contributed by atoms with Crippen LogP contribution < -0.4 is 16.0 Å². The van der Waals surface area contributed by atoms with Crippen molar-refractivity contribution in [2.45, 2.75) is 87.5 Å². The topological polar surface area (TPSA) is 182 Å². The number of morpholine rings is 2. The molecular formula is C50H61N9O7. The minimum atomic E-state index is -0.901. The molecule has 1 saturated carbocycles. The number of amides is 7. The fourth-order valence-corrected chi connectivity index (χ4v) is 10.2. The summed E-state index contributed by atoms with van der Waals surface area (Å²) in [5.41, 5.74) is 4.54. The Kier molecular flexibility index (Phi) is 14.2. The molecule has 7 amide bonds. The number of carbonyl (C=O) groups excluding carboxylic acids is 5. The highest BCUT2D eigenvalue weighted by Crippen LogP contribution is 2.37. The molecule has 0 bridgehead atoms. The fraction of sp³-hybridized carbons (Fsp3) is 0.480. The molecule has 0 spiro atoms. The van der Waals surface area contributed by atoms with Gasteiger partial charge in [0.2, 0.25) is 11.8 Å². The van der Waals surface area contributed by atoms with Gasteiger partial charge in [-0.2, -0.15) is 0 Å². The van der Waals surface area contributed by atoms with Crippen molar-refractivity contribution in [1.82, 2.24) is 45.5 Å². The summed E-state index contributed by atoms with van der Waals surface area (Å²) < 4.78 is 10.8. The van der Waals surface area contributed by atoms with E-state index in [1.54, 1.807) is 14.7 Å². The van der Waals surface area contributed by atoms with E-state index in [4.69, 9.17) is 14.5 Å². The maximum Gasteiger partial charge on any atom is 0.318 e. The quantitative estimate of drug-likeness (QED) is 0.154. The molecule has 9 rings (SSSR count). The van der Waals surface area contributed by atoms with E-state index in [0.29, 0.717) is 83.6 Å². The van der Waals surface area contributed by atoms with Gasteiger partial charge in [0.25, 0.3) is 5.91 Å². The molecule has 16 nitrogen and oxygen atoms in total. The summed E-state index contributed by atoms with van der Waals surface area (Å²) in [7, 11) is 0. The number of ether oxygens (including phenoxy) is 2. The molecule has 348 valence electrons. The molecule has 5 heterocycles. The van der Waals surface area contributed by atoms with Gasteiger partial charge in [0.15, 0.2) is 0 Å². The minimum Gasteiger partial charge on any atom is -0.378 e. The van der Waals surface area contributed by atoms with Crippen LogP contribution in [0.1, 0.15) is 97.9 Å². The highest BCUT2D eigenvalue weighted by molar-refractivity contribution is 5.93. The zero-order chi connectivity index (χ0) is 45.4. The van der Waals surface area contributed by atoms with Crippen LogP contribution in [0.2, 0.25) is 0 Å². The summed E-state index contributed by atoms with van der Waals surface area (Å²) in [6.07, 6.45) is 8.25. The molecule has 4 unspecified atom stereocenters. The van der Waals surface area contributed by atoms with Crippen LogP contribution in [0.15, 0.2) is 91.1 Å². The van der Waals surface area contributed by atoms with Crippen molar-refractivity contribution >= 4 is 29.8 Å². The maximum atomic E-state index is 14.3. The number of carbonyl (C=O) groups is 5. The van der Waals surface area contributed by atoms with Gasteiger partial charge in [-0.25, -0.2) is 14.6 Å². The second-order valence-electron chi connectivity index (χ2n) is 18.0. The van der Waals surface area contributed by atoms with Crippen molar-refractivity contribution in [2.24, 2.45) is 0 Å². The SMILES string of the molecule is O=C(NC1CCC(c2ccc(-c3cnc(C4CCCN4C(=O)C(NC(=O)N4CCOCC4)c4ccccc4)[nH]3)cc2)CC1)C1CCCN1C(=O)C(NC(=O)N1CCOCC1)c1ccccc1. The lowest BCUT2D eigenvalue weighted by molar-refractivity contribution is -0.140.